The van der Waals surface area contributed by atoms with Crippen molar-refractivity contribution in [2.24, 2.45) is 5.92 Å². The van der Waals surface area contributed by atoms with Crippen LogP contribution in [0, 0.1) is 5.92 Å². The van der Waals surface area contributed by atoms with E-state index in [2.05, 4.69) is 15.9 Å². The molecule has 2 rings (SSSR count). The number of carbonyl (C=O) groups is 1. The van der Waals surface area contributed by atoms with E-state index in [9.17, 15) is 4.79 Å². The molecule has 0 aliphatic heterocycles. The van der Waals surface area contributed by atoms with Crippen LogP contribution < -0.4 is 0 Å². The second kappa shape index (κ2) is 3.81. The summed E-state index contributed by atoms with van der Waals surface area (Å²) in [6.07, 6.45) is 2.85. The predicted octanol–water partition coefficient (Wildman–Crippen LogP) is 3.11. The Labute approximate surface area is 96.7 Å². The third kappa shape index (κ3) is 1.84. The normalized spacial score (nSPS) is 15.7. The monoisotopic (exact) mass is 266 g/mol. The van der Waals surface area contributed by atoms with Gasteiger partial charge in [-0.1, -0.05) is 28.1 Å². The lowest BCUT2D eigenvalue weighted by Gasteiger charge is -2.10. The van der Waals surface area contributed by atoms with Crippen LogP contribution in [0.25, 0.3) is 5.57 Å². The number of allylic oxidation sites excluding steroid dienone is 1. The molecule has 3 heteroatoms. The fraction of sp³-hybridized carbons (Fsp3) is 0.250. The molecule has 1 unspecified atom stereocenters. The molecule has 78 valence electrons. The van der Waals surface area contributed by atoms with Crippen LogP contribution in [0.3, 0.4) is 0 Å². The molecule has 2 nitrogen and oxygen atoms in total. The van der Waals surface area contributed by atoms with Crippen LogP contribution in [0.15, 0.2) is 28.7 Å². The van der Waals surface area contributed by atoms with E-state index < -0.39 is 11.9 Å². The van der Waals surface area contributed by atoms with Crippen LogP contribution in [-0.2, 0) is 11.2 Å². The molecule has 0 bridgehead atoms. The van der Waals surface area contributed by atoms with Crippen molar-refractivity contribution in [2.45, 2.75) is 13.3 Å². The van der Waals surface area contributed by atoms with Crippen LogP contribution in [0.4, 0.5) is 0 Å². The maximum atomic E-state index is 10.9. The van der Waals surface area contributed by atoms with Crippen molar-refractivity contribution in [3.8, 4) is 0 Å². The van der Waals surface area contributed by atoms with Gasteiger partial charge >= 0.3 is 5.97 Å². The van der Waals surface area contributed by atoms with E-state index >= 15 is 0 Å². The Morgan fingerprint density at radius 1 is 1.53 bits per heavy atom. The molecule has 0 radical (unpaired) electrons. The van der Waals surface area contributed by atoms with E-state index in [1.807, 2.05) is 24.3 Å². The zero-order chi connectivity index (χ0) is 11.0. The van der Waals surface area contributed by atoms with Crippen LogP contribution >= 0.6 is 15.9 Å². The Bertz CT molecular complexity index is 449. The molecule has 1 N–H and O–H groups in total. The van der Waals surface area contributed by atoms with Gasteiger partial charge in [-0.15, -0.1) is 0 Å². The summed E-state index contributed by atoms with van der Waals surface area (Å²) in [6, 6.07) is 6.02. The number of carboxylic acids is 1. The van der Waals surface area contributed by atoms with Gasteiger partial charge in [0, 0.05) is 4.47 Å². The van der Waals surface area contributed by atoms with Gasteiger partial charge in [0.25, 0.3) is 0 Å². The van der Waals surface area contributed by atoms with Gasteiger partial charge in [-0.2, -0.15) is 0 Å². The number of rotatable bonds is 2. The van der Waals surface area contributed by atoms with Gasteiger partial charge in [-0.3, -0.25) is 4.79 Å². The highest BCUT2D eigenvalue weighted by Gasteiger charge is 2.23. The molecule has 0 saturated heterocycles. The molecule has 1 aliphatic carbocycles. The third-order valence-corrected chi connectivity index (χ3v) is 3.25. The first kappa shape index (κ1) is 10.4. The summed E-state index contributed by atoms with van der Waals surface area (Å²) in [5.74, 6) is -1.20. The van der Waals surface area contributed by atoms with Crippen molar-refractivity contribution in [3.63, 3.8) is 0 Å². The molecular weight excluding hydrogens is 256 g/mol. The standard InChI is InChI=1S/C12H11BrO2/c1-7(12(14)15)10-5-3-8-2-4-9(13)6-11(8)10/h2,4-7H,3H2,1H3,(H,14,15). The molecular formula is C12H11BrO2. The number of halogens is 1. The number of carboxylic acid groups (broad SMARTS) is 1. The van der Waals surface area contributed by atoms with Crippen LogP contribution in [-0.4, -0.2) is 11.1 Å². The van der Waals surface area contributed by atoms with E-state index in [4.69, 9.17) is 5.11 Å². The minimum atomic E-state index is -0.769. The summed E-state index contributed by atoms with van der Waals surface area (Å²) in [5.41, 5.74) is 3.21. The smallest absolute Gasteiger partial charge is 0.310 e. The molecule has 1 aromatic rings. The highest BCUT2D eigenvalue weighted by atomic mass is 79.9. The average molecular weight is 267 g/mol. The lowest BCUT2D eigenvalue weighted by molar-refractivity contribution is -0.139. The quantitative estimate of drug-likeness (QED) is 0.893. The first-order chi connectivity index (χ1) is 7.09. The molecule has 0 spiro atoms. The fourth-order valence-electron chi connectivity index (χ4n) is 1.87. The summed E-state index contributed by atoms with van der Waals surface area (Å²) in [5, 5.41) is 8.98. The largest absolute Gasteiger partial charge is 0.481 e. The first-order valence-corrected chi connectivity index (χ1v) is 5.60. The lowest BCUT2D eigenvalue weighted by Crippen LogP contribution is -2.10. The highest BCUT2D eigenvalue weighted by Crippen LogP contribution is 2.34. The number of hydrogen-bond donors (Lipinski definition) is 1. The van der Waals surface area contributed by atoms with Gasteiger partial charge in [0.2, 0.25) is 0 Å². The average Bonchev–Trinajstić information content (AvgIpc) is 2.59. The molecule has 0 fully saturated rings. The maximum absolute atomic E-state index is 10.9. The van der Waals surface area contributed by atoms with Crippen molar-refractivity contribution in [2.75, 3.05) is 0 Å². The van der Waals surface area contributed by atoms with Crippen molar-refractivity contribution >= 4 is 27.5 Å². The number of hydrogen-bond acceptors (Lipinski definition) is 1. The zero-order valence-corrected chi connectivity index (χ0v) is 9.91. The first-order valence-electron chi connectivity index (χ1n) is 4.81. The Kier molecular flexibility index (Phi) is 2.65. The SMILES string of the molecule is CC(C(=O)O)C1=CCc2ccc(Br)cc21. The van der Waals surface area contributed by atoms with Gasteiger partial charge in [0.15, 0.2) is 0 Å². The number of fused-ring (bicyclic) bond motifs is 1. The summed E-state index contributed by atoms with van der Waals surface area (Å²) in [4.78, 5) is 10.9. The van der Waals surface area contributed by atoms with Crippen LogP contribution in [0.1, 0.15) is 18.1 Å². The lowest BCUT2D eigenvalue weighted by atomic mass is 9.95. The maximum Gasteiger partial charge on any atom is 0.310 e. The Hall–Kier alpha value is -1.09. The highest BCUT2D eigenvalue weighted by molar-refractivity contribution is 9.10. The molecule has 0 aromatic heterocycles. The summed E-state index contributed by atoms with van der Waals surface area (Å²) in [7, 11) is 0. The Morgan fingerprint density at radius 3 is 2.93 bits per heavy atom. The fourth-order valence-corrected chi connectivity index (χ4v) is 2.23. The molecule has 0 amide bonds. The van der Waals surface area contributed by atoms with Crippen LogP contribution in [0.2, 0.25) is 0 Å². The van der Waals surface area contributed by atoms with Gasteiger partial charge in [-0.05, 0) is 42.2 Å². The van der Waals surface area contributed by atoms with Gasteiger partial charge in [0.05, 0.1) is 5.92 Å². The van der Waals surface area contributed by atoms with Crippen molar-refractivity contribution in [3.05, 3.63) is 39.9 Å². The van der Waals surface area contributed by atoms with Gasteiger partial charge in [0.1, 0.15) is 0 Å². The Morgan fingerprint density at radius 2 is 2.27 bits per heavy atom. The predicted molar refractivity (Wildman–Crippen MR) is 62.6 cm³/mol. The van der Waals surface area contributed by atoms with Gasteiger partial charge in [-0.25, -0.2) is 0 Å². The topological polar surface area (TPSA) is 37.3 Å². The van der Waals surface area contributed by atoms with Gasteiger partial charge < -0.3 is 5.11 Å². The van der Waals surface area contributed by atoms with E-state index in [1.54, 1.807) is 6.92 Å². The molecule has 15 heavy (non-hydrogen) atoms. The molecule has 1 aromatic carbocycles. The second-order valence-corrected chi connectivity index (χ2v) is 4.64. The molecule has 0 heterocycles. The summed E-state index contributed by atoms with van der Waals surface area (Å²) in [6.45, 7) is 1.73. The van der Waals surface area contributed by atoms with E-state index in [0.29, 0.717) is 0 Å². The van der Waals surface area contributed by atoms with E-state index in [-0.39, 0.29) is 0 Å². The molecule has 1 atom stereocenters. The minimum absolute atomic E-state index is 0.430. The second-order valence-electron chi connectivity index (χ2n) is 3.72. The van der Waals surface area contributed by atoms with Crippen molar-refractivity contribution in [1.82, 2.24) is 0 Å². The molecule has 0 saturated carbocycles. The number of benzene rings is 1. The Balaban J connectivity index is 2.42. The minimum Gasteiger partial charge on any atom is -0.481 e. The van der Waals surface area contributed by atoms with Crippen molar-refractivity contribution < 1.29 is 9.90 Å². The summed E-state index contributed by atoms with van der Waals surface area (Å²) < 4.78 is 0.992. The molecule has 1 aliphatic rings. The number of aliphatic carboxylic acids is 1. The zero-order valence-electron chi connectivity index (χ0n) is 8.33. The summed E-state index contributed by atoms with van der Waals surface area (Å²) >= 11 is 3.40. The van der Waals surface area contributed by atoms with E-state index in [1.165, 1.54) is 5.56 Å². The third-order valence-electron chi connectivity index (χ3n) is 2.76. The van der Waals surface area contributed by atoms with E-state index in [0.717, 1.165) is 22.0 Å². The van der Waals surface area contributed by atoms with Crippen LogP contribution in [0.5, 0.6) is 0 Å². The van der Waals surface area contributed by atoms with Crippen molar-refractivity contribution in [1.29, 1.82) is 0 Å².